The lowest BCUT2D eigenvalue weighted by Crippen LogP contribution is -2.36. The van der Waals surface area contributed by atoms with Crippen molar-refractivity contribution in [3.05, 3.63) is 78.2 Å². The van der Waals surface area contributed by atoms with Crippen LogP contribution in [0.25, 0.3) is 11.1 Å². The Morgan fingerprint density at radius 3 is 2.68 bits per heavy atom. The normalized spacial score (nSPS) is 13.9. The average Bonchev–Trinajstić information content (AvgIpc) is 2.79. The van der Waals surface area contributed by atoms with E-state index in [0.29, 0.717) is 12.1 Å². The molecule has 0 aliphatic carbocycles. The Morgan fingerprint density at radius 2 is 1.93 bits per heavy atom. The fraction of sp³-hybridized carbons (Fsp3) is 0.227. The second-order valence-electron chi connectivity index (χ2n) is 6.63. The van der Waals surface area contributed by atoms with Gasteiger partial charge in [-0.05, 0) is 41.5 Å². The highest BCUT2D eigenvalue weighted by Gasteiger charge is 2.13. The summed E-state index contributed by atoms with van der Waals surface area (Å²) in [6.45, 7) is 3.64. The largest absolute Gasteiger partial charge is 0.378 e. The molecule has 6 heteroatoms. The van der Waals surface area contributed by atoms with Crippen molar-refractivity contribution in [3.8, 4) is 11.1 Å². The number of aromatic nitrogens is 2. The first-order chi connectivity index (χ1) is 13.8. The number of ether oxygens (including phenoxy) is 1. The molecule has 1 aromatic carbocycles. The molecule has 3 aromatic rings. The maximum absolute atomic E-state index is 12.5. The monoisotopic (exact) mass is 374 g/mol. The molecule has 28 heavy (non-hydrogen) atoms. The van der Waals surface area contributed by atoms with Crippen LogP contribution in [0.2, 0.25) is 0 Å². The predicted molar refractivity (Wildman–Crippen MR) is 108 cm³/mol. The van der Waals surface area contributed by atoms with Crippen molar-refractivity contribution in [2.24, 2.45) is 0 Å². The number of anilines is 1. The molecule has 1 aliphatic heterocycles. The van der Waals surface area contributed by atoms with Gasteiger partial charge in [-0.15, -0.1) is 0 Å². The minimum absolute atomic E-state index is 0.108. The Bertz CT molecular complexity index is 923. The highest BCUT2D eigenvalue weighted by molar-refractivity contribution is 5.95. The molecule has 3 heterocycles. The van der Waals surface area contributed by atoms with E-state index in [-0.39, 0.29) is 5.91 Å². The fourth-order valence-corrected chi connectivity index (χ4v) is 3.16. The molecule has 0 radical (unpaired) electrons. The fourth-order valence-electron chi connectivity index (χ4n) is 3.16. The first-order valence-electron chi connectivity index (χ1n) is 9.36. The molecule has 0 unspecified atom stereocenters. The molecule has 0 saturated carbocycles. The summed E-state index contributed by atoms with van der Waals surface area (Å²) in [7, 11) is 0. The van der Waals surface area contributed by atoms with Gasteiger partial charge in [0, 0.05) is 49.4 Å². The lowest BCUT2D eigenvalue weighted by Gasteiger charge is -2.27. The van der Waals surface area contributed by atoms with Gasteiger partial charge in [-0.1, -0.05) is 18.2 Å². The van der Waals surface area contributed by atoms with E-state index in [9.17, 15) is 4.79 Å². The van der Waals surface area contributed by atoms with E-state index >= 15 is 0 Å². The number of nitrogens with zero attached hydrogens (tertiary/aromatic N) is 3. The van der Waals surface area contributed by atoms with Gasteiger partial charge in [0.15, 0.2) is 0 Å². The number of hydrogen-bond acceptors (Lipinski definition) is 5. The average molecular weight is 374 g/mol. The topological polar surface area (TPSA) is 67.4 Å². The number of carbonyl (C=O) groups excluding carboxylic acids is 1. The Morgan fingerprint density at radius 1 is 1.04 bits per heavy atom. The first kappa shape index (κ1) is 18.1. The molecule has 1 fully saturated rings. The zero-order valence-electron chi connectivity index (χ0n) is 15.5. The van der Waals surface area contributed by atoms with Gasteiger partial charge < -0.3 is 15.0 Å². The Labute approximate surface area is 164 Å². The van der Waals surface area contributed by atoms with Gasteiger partial charge in [0.05, 0.1) is 13.2 Å². The van der Waals surface area contributed by atoms with E-state index in [4.69, 9.17) is 4.74 Å². The lowest BCUT2D eigenvalue weighted by atomic mass is 10.0. The highest BCUT2D eigenvalue weighted by Crippen LogP contribution is 2.22. The summed E-state index contributed by atoms with van der Waals surface area (Å²) in [5.41, 5.74) is 3.54. The SMILES string of the molecule is O=C(NCc1cccnc1)c1cccc(-c2ccc(N3CCOCC3)nc2)c1. The molecule has 1 amide bonds. The molecule has 1 saturated heterocycles. The zero-order chi connectivity index (χ0) is 19.2. The number of pyridine rings is 2. The van der Waals surface area contributed by atoms with Crippen LogP contribution >= 0.6 is 0 Å². The van der Waals surface area contributed by atoms with Crippen molar-refractivity contribution in [1.82, 2.24) is 15.3 Å². The molecule has 0 atom stereocenters. The van der Waals surface area contributed by atoms with Gasteiger partial charge in [-0.3, -0.25) is 9.78 Å². The van der Waals surface area contributed by atoms with Crippen LogP contribution in [0, 0.1) is 0 Å². The summed E-state index contributed by atoms with van der Waals surface area (Å²) in [6, 6.07) is 15.5. The highest BCUT2D eigenvalue weighted by atomic mass is 16.5. The van der Waals surface area contributed by atoms with Gasteiger partial charge in [-0.25, -0.2) is 4.98 Å². The first-order valence-corrected chi connectivity index (χ1v) is 9.36. The number of morpholine rings is 1. The third-order valence-electron chi connectivity index (χ3n) is 4.72. The van der Waals surface area contributed by atoms with Crippen molar-refractivity contribution in [3.63, 3.8) is 0 Å². The van der Waals surface area contributed by atoms with Crippen LogP contribution in [0.5, 0.6) is 0 Å². The third kappa shape index (κ3) is 4.35. The number of carbonyl (C=O) groups is 1. The Balaban J connectivity index is 1.44. The molecule has 1 N–H and O–H groups in total. The van der Waals surface area contributed by atoms with Gasteiger partial charge in [0.25, 0.3) is 5.91 Å². The Kier molecular flexibility index (Phi) is 5.58. The van der Waals surface area contributed by atoms with Crippen LogP contribution in [0.15, 0.2) is 67.1 Å². The van der Waals surface area contributed by atoms with E-state index in [1.54, 1.807) is 12.4 Å². The van der Waals surface area contributed by atoms with Gasteiger partial charge in [0.2, 0.25) is 0 Å². The number of hydrogen-bond donors (Lipinski definition) is 1. The maximum atomic E-state index is 12.5. The molecule has 2 aromatic heterocycles. The van der Waals surface area contributed by atoms with Crippen LogP contribution in [-0.2, 0) is 11.3 Å². The van der Waals surface area contributed by atoms with Crippen molar-refractivity contribution in [2.45, 2.75) is 6.54 Å². The van der Waals surface area contributed by atoms with Crippen LogP contribution in [0.1, 0.15) is 15.9 Å². The second kappa shape index (κ2) is 8.63. The molecule has 0 bridgehead atoms. The summed E-state index contributed by atoms with van der Waals surface area (Å²) >= 11 is 0. The quantitative estimate of drug-likeness (QED) is 0.744. The van der Waals surface area contributed by atoms with Crippen molar-refractivity contribution < 1.29 is 9.53 Å². The lowest BCUT2D eigenvalue weighted by molar-refractivity contribution is 0.0951. The van der Waals surface area contributed by atoms with E-state index in [1.807, 2.05) is 54.7 Å². The molecular formula is C22H22N4O2. The molecule has 6 nitrogen and oxygen atoms in total. The van der Waals surface area contributed by atoms with E-state index < -0.39 is 0 Å². The minimum atomic E-state index is -0.108. The summed E-state index contributed by atoms with van der Waals surface area (Å²) in [5.74, 6) is 0.848. The van der Waals surface area contributed by atoms with Crippen LogP contribution < -0.4 is 10.2 Å². The van der Waals surface area contributed by atoms with Crippen molar-refractivity contribution in [2.75, 3.05) is 31.2 Å². The molecular weight excluding hydrogens is 352 g/mol. The minimum Gasteiger partial charge on any atom is -0.378 e. The number of amides is 1. The summed E-state index contributed by atoms with van der Waals surface area (Å²) in [5, 5.41) is 2.93. The zero-order valence-corrected chi connectivity index (χ0v) is 15.5. The number of benzene rings is 1. The molecule has 1 aliphatic rings. The van der Waals surface area contributed by atoms with Gasteiger partial charge in [0.1, 0.15) is 5.82 Å². The van der Waals surface area contributed by atoms with Crippen LogP contribution in [0.4, 0.5) is 5.82 Å². The Hall–Kier alpha value is -3.25. The summed E-state index contributed by atoms with van der Waals surface area (Å²) < 4.78 is 5.39. The van der Waals surface area contributed by atoms with Crippen LogP contribution in [0.3, 0.4) is 0 Å². The van der Waals surface area contributed by atoms with E-state index in [1.165, 1.54) is 0 Å². The third-order valence-corrected chi connectivity index (χ3v) is 4.72. The summed E-state index contributed by atoms with van der Waals surface area (Å²) in [6.07, 6.45) is 5.32. The van der Waals surface area contributed by atoms with E-state index in [2.05, 4.69) is 20.2 Å². The summed E-state index contributed by atoms with van der Waals surface area (Å²) in [4.78, 5) is 23.4. The maximum Gasteiger partial charge on any atom is 0.251 e. The number of nitrogens with one attached hydrogen (secondary N) is 1. The second-order valence-corrected chi connectivity index (χ2v) is 6.63. The standard InChI is InChI=1S/C22H22N4O2/c27-22(25-15-17-3-2-8-23-14-17)19-5-1-4-18(13-19)20-6-7-21(24-16-20)26-9-11-28-12-10-26/h1-8,13-14,16H,9-12,15H2,(H,25,27). The smallest absolute Gasteiger partial charge is 0.251 e. The van der Waals surface area contributed by atoms with Gasteiger partial charge >= 0.3 is 0 Å². The number of rotatable bonds is 5. The molecule has 4 rings (SSSR count). The van der Waals surface area contributed by atoms with Gasteiger partial charge in [-0.2, -0.15) is 0 Å². The van der Waals surface area contributed by atoms with Crippen molar-refractivity contribution in [1.29, 1.82) is 0 Å². The molecule has 142 valence electrons. The van der Waals surface area contributed by atoms with Crippen LogP contribution in [-0.4, -0.2) is 42.2 Å². The predicted octanol–water partition coefficient (Wildman–Crippen LogP) is 2.91. The van der Waals surface area contributed by atoms with E-state index in [0.717, 1.165) is 48.8 Å². The van der Waals surface area contributed by atoms with Crippen molar-refractivity contribution >= 4 is 11.7 Å². The molecule has 0 spiro atoms.